The molecule has 0 spiro atoms. The smallest absolute Gasteiger partial charge is 0.197 e. The van der Waals surface area contributed by atoms with E-state index in [2.05, 4.69) is 0 Å². The molecule has 2 aromatic carbocycles. The summed E-state index contributed by atoms with van der Waals surface area (Å²) in [6, 6.07) is 6.58. The number of benzene rings is 2. The van der Waals surface area contributed by atoms with Crippen molar-refractivity contribution >= 4 is 11.6 Å². The Balaban J connectivity index is 1.90. The van der Waals surface area contributed by atoms with Gasteiger partial charge in [0.2, 0.25) is 0 Å². The molecule has 0 aromatic heterocycles. The van der Waals surface area contributed by atoms with Crippen molar-refractivity contribution in [2.75, 3.05) is 14.2 Å². The van der Waals surface area contributed by atoms with Crippen LogP contribution in [0.4, 0.5) is 0 Å². The number of ketones is 2. The lowest BCUT2D eigenvalue weighted by atomic mass is 9.78. The number of ether oxygens (including phenoxy) is 2. The lowest BCUT2D eigenvalue weighted by Gasteiger charge is -2.28. The predicted octanol–water partition coefficient (Wildman–Crippen LogP) is 4.04. The summed E-state index contributed by atoms with van der Waals surface area (Å²) in [5.41, 5.74) is 3.15. The van der Waals surface area contributed by atoms with E-state index in [1.807, 2.05) is 13.8 Å². The quantitative estimate of drug-likeness (QED) is 0.799. The first-order valence-corrected chi connectivity index (χ1v) is 9.52. The third kappa shape index (κ3) is 2.96. The zero-order chi connectivity index (χ0) is 21.7. The van der Waals surface area contributed by atoms with Crippen molar-refractivity contribution < 1.29 is 29.3 Å². The van der Waals surface area contributed by atoms with Gasteiger partial charge in [0.05, 0.1) is 11.1 Å². The van der Waals surface area contributed by atoms with Gasteiger partial charge in [0, 0.05) is 25.4 Å². The SMILES string of the molecule is COC1C=C(C2=CC(OC)c3cc(C)cc(O)c3C2=O)C(=O)c2c(O)cc(C)cc21. The molecule has 0 radical (unpaired) electrons. The Labute approximate surface area is 174 Å². The van der Waals surface area contributed by atoms with E-state index in [9.17, 15) is 19.8 Å². The molecule has 0 heterocycles. The number of fused-ring (bicyclic) bond motifs is 2. The molecule has 154 valence electrons. The van der Waals surface area contributed by atoms with Crippen LogP contribution in [0.3, 0.4) is 0 Å². The summed E-state index contributed by atoms with van der Waals surface area (Å²) in [6.07, 6.45) is 1.94. The normalized spacial score (nSPS) is 20.4. The first-order valence-electron chi connectivity index (χ1n) is 9.52. The van der Waals surface area contributed by atoms with E-state index in [1.165, 1.54) is 26.4 Å². The van der Waals surface area contributed by atoms with Gasteiger partial charge in [-0.05, 0) is 60.4 Å². The highest BCUT2D eigenvalue weighted by Crippen LogP contribution is 2.43. The molecule has 0 saturated heterocycles. The molecule has 2 aromatic rings. The van der Waals surface area contributed by atoms with Gasteiger partial charge in [0.25, 0.3) is 0 Å². The number of carbonyl (C=O) groups excluding carboxylic acids is 2. The minimum Gasteiger partial charge on any atom is -0.507 e. The first kappa shape index (κ1) is 20.1. The number of hydrogen-bond acceptors (Lipinski definition) is 6. The fourth-order valence-electron chi connectivity index (χ4n) is 4.25. The Morgan fingerprint density at radius 3 is 1.40 bits per heavy atom. The van der Waals surface area contributed by atoms with E-state index in [-0.39, 0.29) is 33.8 Å². The van der Waals surface area contributed by atoms with Crippen LogP contribution in [-0.2, 0) is 9.47 Å². The maximum absolute atomic E-state index is 13.3. The highest BCUT2D eigenvalue weighted by molar-refractivity contribution is 6.26. The van der Waals surface area contributed by atoms with Gasteiger partial charge in [-0.1, -0.05) is 12.1 Å². The highest BCUT2D eigenvalue weighted by Gasteiger charge is 2.38. The molecule has 4 rings (SSSR count). The number of carbonyl (C=O) groups is 2. The molecule has 0 bridgehead atoms. The van der Waals surface area contributed by atoms with Crippen LogP contribution in [0.25, 0.3) is 0 Å². The molecule has 2 aliphatic carbocycles. The standard InChI is InChI=1S/C24H22O6/c1-11-5-15-19(29-3)9-13(23(27)21(15)17(25)7-11)14-10-20(30-4)16-6-12(2)8-18(26)22(16)24(14)28/h5-10,19-20,25-26H,1-4H3. The molecule has 0 aliphatic heterocycles. The lowest BCUT2D eigenvalue weighted by Crippen LogP contribution is -2.25. The van der Waals surface area contributed by atoms with Crippen LogP contribution in [-0.4, -0.2) is 36.0 Å². The van der Waals surface area contributed by atoms with E-state index < -0.39 is 23.8 Å². The molecule has 6 heteroatoms. The number of rotatable bonds is 3. The van der Waals surface area contributed by atoms with Crippen molar-refractivity contribution in [3.63, 3.8) is 0 Å². The van der Waals surface area contributed by atoms with Crippen molar-refractivity contribution in [1.29, 1.82) is 0 Å². The van der Waals surface area contributed by atoms with Crippen LogP contribution < -0.4 is 0 Å². The number of phenols is 2. The number of aryl methyl sites for hydroxylation is 2. The van der Waals surface area contributed by atoms with Gasteiger partial charge < -0.3 is 19.7 Å². The summed E-state index contributed by atoms with van der Waals surface area (Å²) in [5, 5.41) is 20.9. The third-order valence-electron chi connectivity index (χ3n) is 5.58. The summed E-state index contributed by atoms with van der Waals surface area (Å²) < 4.78 is 11.1. The van der Waals surface area contributed by atoms with E-state index in [0.717, 1.165) is 11.1 Å². The summed E-state index contributed by atoms with van der Waals surface area (Å²) >= 11 is 0. The second-order valence-electron chi connectivity index (χ2n) is 7.63. The molecular weight excluding hydrogens is 384 g/mol. The van der Waals surface area contributed by atoms with Gasteiger partial charge in [-0.2, -0.15) is 0 Å². The molecule has 0 saturated carbocycles. The van der Waals surface area contributed by atoms with Crippen molar-refractivity contribution in [3.05, 3.63) is 80.9 Å². The number of methoxy groups -OCH3 is 2. The largest absolute Gasteiger partial charge is 0.507 e. The van der Waals surface area contributed by atoms with Crippen LogP contribution in [0.5, 0.6) is 11.5 Å². The first-order chi connectivity index (χ1) is 14.3. The second-order valence-corrected chi connectivity index (χ2v) is 7.63. The average Bonchev–Trinajstić information content (AvgIpc) is 2.68. The Hall–Kier alpha value is -3.22. The molecule has 2 aliphatic rings. The maximum atomic E-state index is 13.3. The van der Waals surface area contributed by atoms with E-state index >= 15 is 0 Å². The van der Waals surface area contributed by atoms with Crippen LogP contribution in [0.2, 0.25) is 0 Å². The second kappa shape index (κ2) is 7.23. The molecule has 2 unspecified atom stereocenters. The zero-order valence-corrected chi connectivity index (χ0v) is 17.1. The minimum absolute atomic E-state index is 0.117. The summed E-state index contributed by atoms with van der Waals surface area (Å²) in [4.78, 5) is 26.6. The van der Waals surface area contributed by atoms with Crippen LogP contribution in [0.15, 0.2) is 47.6 Å². The minimum atomic E-state index is -0.610. The number of hydrogen-bond donors (Lipinski definition) is 2. The molecule has 6 nitrogen and oxygen atoms in total. The van der Waals surface area contributed by atoms with Gasteiger partial charge in [-0.25, -0.2) is 0 Å². The monoisotopic (exact) mass is 406 g/mol. The fraction of sp³-hybridized carbons (Fsp3) is 0.250. The number of allylic oxidation sites excluding steroid dienone is 2. The van der Waals surface area contributed by atoms with Gasteiger partial charge in [0.1, 0.15) is 23.7 Å². The number of phenolic OH excluding ortho intramolecular Hbond substituents is 2. The topological polar surface area (TPSA) is 93.1 Å². The Morgan fingerprint density at radius 1 is 0.700 bits per heavy atom. The van der Waals surface area contributed by atoms with Crippen LogP contribution in [0, 0.1) is 13.8 Å². The Morgan fingerprint density at radius 2 is 1.07 bits per heavy atom. The Bertz CT molecular complexity index is 1060. The van der Waals surface area contributed by atoms with Gasteiger partial charge in [-0.3, -0.25) is 9.59 Å². The number of Topliss-reactive ketones (excluding diaryl/α,β-unsaturated/α-hetero) is 2. The van der Waals surface area contributed by atoms with Crippen molar-refractivity contribution in [2.24, 2.45) is 0 Å². The maximum Gasteiger partial charge on any atom is 0.197 e. The van der Waals surface area contributed by atoms with Gasteiger partial charge in [-0.15, -0.1) is 0 Å². The lowest BCUT2D eigenvalue weighted by molar-refractivity contribution is 0.0951. The molecule has 2 N–H and O–H groups in total. The molecule has 30 heavy (non-hydrogen) atoms. The predicted molar refractivity (Wildman–Crippen MR) is 110 cm³/mol. The third-order valence-corrected chi connectivity index (χ3v) is 5.58. The van der Waals surface area contributed by atoms with Crippen LogP contribution in [0.1, 0.15) is 55.2 Å². The molecule has 0 fully saturated rings. The Kier molecular flexibility index (Phi) is 4.84. The summed E-state index contributed by atoms with van der Waals surface area (Å²) in [6.45, 7) is 3.63. The van der Waals surface area contributed by atoms with Crippen molar-refractivity contribution in [1.82, 2.24) is 0 Å². The fourth-order valence-corrected chi connectivity index (χ4v) is 4.25. The van der Waals surface area contributed by atoms with Crippen molar-refractivity contribution in [3.8, 4) is 11.5 Å². The van der Waals surface area contributed by atoms with Crippen molar-refractivity contribution in [2.45, 2.75) is 26.1 Å². The molecule has 0 amide bonds. The van der Waals surface area contributed by atoms with Gasteiger partial charge >= 0.3 is 0 Å². The average molecular weight is 406 g/mol. The van der Waals surface area contributed by atoms with E-state index in [0.29, 0.717) is 11.1 Å². The van der Waals surface area contributed by atoms with E-state index in [4.69, 9.17) is 9.47 Å². The summed E-state index contributed by atoms with van der Waals surface area (Å²) in [5.74, 6) is -1.26. The van der Waals surface area contributed by atoms with E-state index in [1.54, 1.807) is 24.3 Å². The summed E-state index contributed by atoms with van der Waals surface area (Å²) in [7, 11) is 2.99. The number of aromatic hydroxyl groups is 2. The zero-order valence-electron chi connectivity index (χ0n) is 17.1. The molecule has 2 atom stereocenters. The van der Waals surface area contributed by atoms with Crippen LogP contribution >= 0.6 is 0 Å². The van der Waals surface area contributed by atoms with Gasteiger partial charge in [0.15, 0.2) is 11.6 Å². The molecular formula is C24H22O6. The highest BCUT2D eigenvalue weighted by atomic mass is 16.5.